The van der Waals surface area contributed by atoms with Crippen LogP contribution in [0, 0.1) is 12.8 Å². The van der Waals surface area contributed by atoms with Crippen molar-refractivity contribution < 1.29 is 14.3 Å². The van der Waals surface area contributed by atoms with Crippen molar-refractivity contribution in [1.29, 1.82) is 0 Å². The SMILES string of the molecule is Cc1cnc2nc1Nc1ccc(NC(=O)CC3CCN(C(=O)OC(C)(C)C)CC3)c(c1)CCc1cncc(c1)N2. The summed E-state index contributed by atoms with van der Waals surface area (Å²) in [4.78, 5) is 40.7. The second-order valence-corrected chi connectivity index (χ2v) is 11.6. The van der Waals surface area contributed by atoms with Crippen LogP contribution in [0.25, 0.3) is 0 Å². The molecule has 4 heterocycles. The van der Waals surface area contributed by atoms with Crippen LogP contribution in [0.4, 0.5) is 33.6 Å². The average Bonchev–Trinajstić information content (AvgIpc) is 2.90. The molecule has 2 amide bonds. The van der Waals surface area contributed by atoms with Gasteiger partial charge in [-0.1, -0.05) is 0 Å². The molecule has 0 unspecified atom stereocenters. The number of rotatable bonds is 3. The third kappa shape index (κ3) is 7.05. The highest BCUT2D eigenvalue weighted by Gasteiger charge is 2.28. The molecule has 210 valence electrons. The fourth-order valence-electron chi connectivity index (χ4n) is 4.98. The second-order valence-electron chi connectivity index (χ2n) is 11.6. The average molecular weight is 544 g/mol. The van der Waals surface area contributed by atoms with E-state index in [1.165, 1.54) is 0 Å². The fraction of sp³-hybridized carbons (Fsp3) is 0.433. The first-order valence-corrected chi connectivity index (χ1v) is 13.8. The van der Waals surface area contributed by atoms with Crippen LogP contribution in [0.2, 0.25) is 0 Å². The lowest BCUT2D eigenvalue weighted by atomic mass is 9.93. The Balaban J connectivity index is 1.28. The van der Waals surface area contributed by atoms with Crippen molar-refractivity contribution in [2.24, 2.45) is 5.92 Å². The molecule has 1 fully saturated rings. The summed E-state index contributed by atoms with van der Waals surface area (Å²) >= 11 is 0. The normalized spacial score (nSPS) is 15.4. The van der Waals surface area contributed by atoms with E-state index in [4.69, 9.17) is 4.74 Å². The Kier molecular flexibility index (Phi) is 7.86. The van der Waals surface area contributed by atoms with Crippen molar-refractivity contribution in [2.45, 2.75) is 65.4 Å². The maximum absolute atomic E-state index is 13.1. The lowest BCUT2D eigenvalue weighted by Crippen LogP contribution is -2.42. The van der Waals surface area contributed by atoms with Crippen molar-refractivity contribution in [3.63, 3.8) is 0 Å². The van der Waals surface area contributed by atoms with Gasteiger partial charge >= 0.3 is 6.09 Å². The van der Waals surface area contributed by atoms with Crippen LogP contribution < -0.4 is 16.0 Å². The summed E-state index contributed by atoms with van der Waals surface area (Å²) in [7, 11) is 0. The lowest BCUT2D eigenvalue weighted by Gasteiger charge is -2.33. The molecule has 0 atom stereocenters. The number of anilines is 5. The predicted molar refractivity (Wildman–Crippen MR) is 155 cm³/mol. The number of amides is 2. The van der Waals surface area contributed by atoms with E-state index in [1.807, 2.05) is 52.1 Å². The lowest BCUT2D eigenvalue weighted by molar-refractivity contribution is -0.117. The van der Waals surface area contributed by atoms with Crippen LogP contribution in [0.3, 0.4) is 0 Å². The van der Waals surface area contributed by atoms with Crippen LogP contribution >= 0.6 is 0 Å². The van der Waals surface area contributed by atoms with Gasteiger partial charge in [0.1, 0.15) is 11.4 Å². The molecule has 10 nitrogen and oxygen atoms in total. The molecule has 2 aliphatic heterocycles. The summed E-state index contributed by atoms with van der Waals surface area (Å²) in [5.41, 5.74) is 5.03. The van der Waals surface area contributed by atoms with Crippen LogP contribution in [0.15, 0.2) is 42.9 Å². The molecule has 1 aromatic carbocycles. The Labute approximate surface area is 235 Å². The Bertz CT molecular complexity index is 1390. The number of fused-ring (bicyclic) bond motifs is 6. The van der Waals surface area contributed by atoms with Gasteiger partial charge in [0.05, 0.1) is 11.9 Å². The zero-order valence-electron chi connectivity index (χ0n) is 23.6. The van der Waals surface area contributed by atoms with Gasteiger partial charge in [0.2, 0.25) is 11.9 Å². The molecule has 2 aliphatic rings. The summed E-state index contributed by atoms with van der Waals surface area (Å²) in [6, 6.07) is 8.02. The monoisotopic (exact) mass is 543 g/mol. The minimum atomic E-state index is -0.514. The highest BCUT2D eigenvalue weighted by Crippen LogP contribution is 2.29. The van der Waals surface area contributed by atoms with Crippen LogP contribution in [0.5, 0.6) is 0 Å². The first-order valence-electron chi connectivity index (χ1n) is 13.8. The summed E-state index contributed by atoms with van der Waals surface area (Å²) in [5, 5.41) is 9.81. The van der Waals surface area contributed by atoms with Gasteiger partial charge in [-0.05, 0) is 94.7 Å². The van der Waals surface area contributed by atoms with Gasteiger partial charge in [0.25, 0.3) is 0 Å². The Morgan fingerprint density at radius 2 is 1.85 bits per heavy atom. The number of aromatic nitrogens is 3. The molecule has 3 aromatic rings. The molecule has 40 heavy (non-hydrogen) atoms. The number of hydrogen-bond donors (Lipinski definition) is 3. The van der Waals surface area contributed by atoms with Crippen molar-refractivity contribution in [2.75, 3.05) is 29.0 Å². The zero-order valence-corrected chi connectivity index (χ0v) is 23.6. The van der Waals surface area contributed by atoms with E-state index in [2.05, 4.69) is 37.0 Å². The number of carbonyl (C=O) groups is 2. The minimum absolute atomic E-state index is 0.0141. The Morgan fingerprint density at radius 1 is 1.05 bits per heavy atom. The van der Waals surface area contributed by atoms with E-state index >= 15 is 0 Å². The van der Waals surface area contributed by atoms with Crippen molar-refractivity contribution >= 4 is 40.8 Å². The molecular formula is C30H37N7O3. The molecule has 0 aliphatic carbocycles. The first-order chi connectivity index (χ1) is 19.1. The van der Waals surface area contributed by atoms with E-state index in [1.54, 1.807) is 17.3 Å². The summed E-state index contributed by atoms with van der Waals surface area (Å²) in [6.07, 6.45) is 8.57. The number of hydrogen-bond acceptors (Lipinski definition) is 8. The molecule has 1 saturated heterocycles. The first kappa shape index (κ1) is 27.4. The number of ether oxygens (including phenoxy) is 1. The zero-order chi connectivity index (χ0) is 28.3. The molecule has 10 heteroatoms. The van der Waals surface area contributed by atoms with Crippen molar-refractivity contribution in [3.05, 3.63) is 59.5 Å². The number of piperidine rings is 1. The molecule has 0 spiro atoms. The molecule has 0 saturated carbocycles. The van der Waals surface area contributed by atoms with E-state index in [0.717, 1.165) is 59.4 Å². The largest absolute Gasteiger partial charge is 0.444 e. The highest BCUT2D eigenvalue weighted by molar-refractivity contribution is 5.92. The van der Waals surface area contributed by atoms with Gasteiger partial charge in [-0.2, -0.15) is 4.98 Å². The van der Waals surface area contributed by atoms with Gasteiger partial charge in [0.15, 0.2) is 0 Å². The maximum atomic E-state index is 13.1. The number of nitrogens with zero attached hydrogens (tertiary/aromatic N) is 4. The molecular weight excluding hydrogens is 506 g/mol. The predicted octanol–water partition coefficient (Wildman–Crippen LogP) is 5.74. The highest BCUT2D eigenvalue weighted by atomic mass is 16.6. The standard InChI is InChI=1S/C30H37N7O3/c1-19-16-32-28-34-24-13-21(17-31-18-24)5-6-22-15-23(33-27(19)36-28)7-8-25(22)35-26(38)14-20-9-11-37(12-10-20)29(39)40-30(2,3)4/h7-8,13,15-18,20H,5-6,9-12,14H2,1-4H3,(H,35,38)(H2,32,33,34,36). The quantitative estimate of drug-likeness (QED) is 0.382. The molecule has 2 aromatic heterocycles. The Hall–Kier alpha value is -4.21. The van der Waals surface area contributed by atoms with Gasteiger partial charge in [-0.25, -0.2) is 9.78 Å². The van der Waals surface area contributed by atoms with E-state index < -0.39 is 5.60 Å². The van der Waals surface area contributed by atoms with Crippen LogP contribution in [-0.2, 0) is 22.4 Å². The fourth-order valence-corrected chi connectivity index (χ4v) is 4.98. The van der Waals surface area contributed by atoms with Crippen molar-refractivity contribution in [1.82, 2.24) is 19.9 Å². The molecule has 5 rings (SSSR count). The topological polar surface area (TPSA) is 121 Å². The second kappa shape index (κ2) is 11.5. The van der Waals surface area contributed by atoms with Gasteiger partial charge in [-0.15, -0.1) is 0 Å². The number of aryl methyl sites for hydroxylation is 3. The third-order valence-electron chi connectivity index (χ3n) is 7.09. The molecule has 3 N–H and O–H groups in total. The van der Waals surface area contributed by atoms with E-state index in [9.17, 15) is 9.59 Å². The molecule has 0 radical (unpaired) electrons. The molecule has 6 bridgehead atoms. The number of benzene rings is 1. The summed E-state index contributed by atoms with van der Waals surface area (Å²) in [6.45, 7) is 8.77. The number of likely N-dealkylation sites (tertiary alicyclic amines) is 1. The maximum Gasteiger partial charge on any atom is 0.410 e. The van der Waals surface area contributed by atoms with Gasteiger partial charge < -0.3 is 25.6 Å². The van der Waals surface area contributed by atoms with Gasteiger partial charge in [-0.3, -0.25) is 9.78 Å². The van der Waals surface area contributed by atoms with E-state index in [-0.39, 0.29) is 17.9 Å². The number of carbonyl (C=O) groups excluding carboxylic acids is 2. The Morgan fingerprint density at radius 3 is 2.62 bits per heavy atom. The number of nitrogens with one attached hydrogen (secondary N) is 3. The summed E-state index contributed by atoms with van der Waals surface area (Å²) in [5.74, 6) is 1.41. The third-order valence-corrected chi connectivity index (χ3v) is 7.09. The minimum Gasteiger partial charge on any atom is -0.444 e. The summed E-state index contributed by atoms with van der Waals surface area (Å²) < 4.78 is 5.49. The van der Waals surface area contributed by atoms with Crippen LogP contribution in [0.1, 0.15) is 56.7 Å². The smallest absolute Gasteiger partial charge is 0.410 e. The van der Waals surface area contributed by atoms with E-state index in [0.29, 0.717) is 31.3 Å². The number of pyridine rings is 1. The van der Waals surface area contributed by atoms with Crippen molar-refractivity contribution in [3.8, 4) is 0 Å². The van der Waals surface area contributed by atoms with Crippen LogP contribution in [-0.4, -0.2) is 50.5 Å². The van der Waals surface area contributed by atoms with Gasteiger partial charge in [0, 0.05) is 48.8 Å².